The number of benzene rings is 3. The van der Waals surface area contributed by atoms with Crippen LogP contribution in [0.1, 0.15) is 28.4 Å². The Morgan fingerprint density at radius 2 is 1.88 bits per heavy atom. The zero-order chi connectivity index (χ0) is 22.5. The molecule has 32 heavy (non-hydrogen) atoms. The summed E-state index contributed by atoms with van der Waals surface area (Å²) < 4.78 is 5.72. The molecule has 5 heteroatoms. The maximum Gasteiger partial charge on any atom is 0.255 e. The van der Waals surface area contributed by atoms with Crippen molar-refractivity contribution in [1.82, 2.24) is 10.3 Å². The monoisotopic (exact) mass is 428 g/mol. The minimum atomic E-state index is -0.418. The van der Waals surface area contributed by atoms with E-state index in [0.29, 0.717) is 24.3 Å². The Labute approximate surface area is 188 Å². The van der Waals surface area contributed by atoms with Crippen LogP contribution in [0.25, 0.3) is 22.0 Å². The van der Waals surface area contributed by atoms with Gasteiger partial charge in [-0.3, -0.25) is 4.79 Å². The fourth-order valence-corrected chi connectivity index (χ4v) is 3.98. The summed E-state index contributed by atoms with van der Waals surface area (Å²) in [5, 5.41) is 14.1. The van der Waals surface area contributed by atoms with E-state index in [-0.39, 0.29) is 12.5 Å². The van der Waals surface area contributed by atoms with Crippen molar-refractivity contribution in [2.24, 2.45) is 0 Å². The Morgan fingerprint density at radius 3 is 2.66 bits per heavy atom. The number of aromatic nitrogens is 1. The van der Waals surface area contributed by atoms with Crippen molar-refractivity contribution in [3.05, 3.63) is 89.6 Å². The van der Waals surface area contributed by atoms with Gasteiger partial charge >= 0.3 is 0 Å². The number of H-pyrrole nitrogens is 1. The molecule has 3 aromatic carbocycles. The van der Waals surface area contributed by atoms with E-state index in [1.165, 1.54) is 0 Å². The van der Waals surface area contributed by atoms with Gasteiger partial charge in [-0.2, -0.15) is 0 Å². The number of aryl methyl sites for hydroxylation is 1. The molecule has 1 aromatic heterocycles. The number of para-hydroxylation sites is 1. The predicted molar refractivity (Wildman–Crippen MR) is 128 cm³/mol. The number of hydrogen-bond donors (Lipinski definition) is 3. The molecule has 0 unspecified atom stereocenters. The van der Waals surface area contributed by atoms with E-state index < -0.39 is 6.04 Å². The number of rotatable bonds is 8. The molecule has 164 valence electrons. The van der Waals surface area contributed by atoms with E-state index in [1.807, 2.05) is 80.7 Å². The lowest BCUT2D eigenvalue weighted by atomic mass is 10.00. The molecule has 0 aliphatic carbocycles. The van der Waals surface area contributed by atoms with E-state index in [4.69, 9.17) is 4.74 Å². The van der Waals surface area contributed by atoms with Crippen LogP contribution in [0, 0.1) is 6.92 Å². The van der Waals surface area contributed by atoms with Crippen LogP contribution in [0.3, 0.4) is 0 Å². The molecule has 1 heterocycles. The number of ether oxygens (including phenoxy) is 1. The molecule has 3 N–H and O–H groups in total. The maximum atomic E-state index is 13.2. The molecule has 1 amide bonds. The van der Waals surface area contributed by atoms with Crippen molar-refractivity contribution in [2.45, 2.75) is 26.3 Å². The normalized spacial score (nSPS) is 12.0. The molecular formula is C27H28N2O3. The van der Waals surface area contributed by atoms with Gasteiger partial charge in [0.05, 0.1) is 24.8 Å². The largest absolute Gasteiger partial charge is 0.493 e. The molecule has 4 aromatic rings. The molecule has 0 saturated carbocycles. The third kappa shape index (κ3) is 4.68. The molecule has 0 radical (unpaired) electrons. The first-order chi connectivity index (χ1) is 15.6. The third-order valence-electron chi connectivity index (χ3n) is 5.57. The van der Waals surface area contributed by atoms with Crippen molar-refractivity contribution in [3.63, 3.8) is 0 Å². The summed E-state index contributed by atoms with van der Waals surface area (Å²) in [4.78, 5) is 16.5. The molecule has 0 fully saturated rings. The van der Waals surface area contributed by atoms with E-state index in [0.717, 1.165) is 33.2 Å². The Hall–Kier alpha value is -3.57. The maximum absolute atomic E-state index is 13.2. The molecule has 0 bridgehead atoms. The fraction of sp³-hybridized carbons (Fsp3) is 0.222. The van der Waals surface area contributed by atoms with E-state index in [1.54, 1.807) is 0 Å². The van der Waals surface area contributed by atoms with Crippen LogP contribution in [-0.2, 0) is 6.42 Å². The third-order valence-corrected chi connectivity index (χ3v) is 5.57. The summed E-state index contributed by atoms with van der Waals surface area (Å²) in [6.45, 7) is 4.24. The van der Waals surface area contributed by atoms with Gasteiger partial charge in [0.2, 0.25) is 0 Å². The molecule has 4 rings (SSSR count). The minimum absolute atomic E-state index is 0.160. The highest BCUT2D eigenvalue weighted by Gasteiger charge is 2.19. The van der Waals surface area contributed by atoms with Crippen molar-refractivity contribution < 1.29 is 14.6 Å². The summed E-state index contributed by atoms with van der Waals surface area (Å²) in [5.74, 6) is 0.270. The Balaban J connectivity index is 1.59. The summed E-state index contributed by atoms with van der Waals surface area (Å²) >= 11 is 0. The van der Waals surface area contributed by atoms with Gasteiger partial charge in [0, 0.05) is 17.1 Å². The number of hydrogen-bond acceptors (Lipinski definition) is 3. The molecule has 0 aliphatic rings. The second kappa shape index (κ2) is 9.71. The number of aromatic amines is 1. The average molecular weight is 429 g/mol. The van der Waals surface area contributed by atoms with Gasteiger partial charge < -0.3 is 20.1 Å². The molecular weight excluding hydrogens is 400 g/mol. The van der Waals surface area contributed by atoms with Gasteiger partial charge in [0.1, 0.15) is 5.75 Å². The summed E-state index contributed by atoms with van der Waals surface area (Å²) in [6.07, 6.45) is 2.46. The topological polar surface area (TPSA) is 74.3 Å². The molecule has 5 nitrogen and oxygen atoms in total. The standard InChI is InChI=1S/C27H28N2O3/c1-3-32-26-12-11-20(19-8-6-7-18(2)13-19)15-24(26)27(31)29-22(17-30)14-21-16-28-25-10-5-4-9-23(21)25/h4-13,15-16,22,28,30H,3,14,17H2,1-2H3,(H,29,31)/t22-/m1/s1. The van der Waals surface area contributed by atoms with Gasteiger partial charge in [-0.15, -0.1) is 0 Å². The number of carbonyl (C=O) groups is 1. The lowest BCUT2D eigenvalue weighted by molar-refractivity contribution is 0.0913. The number of fused-ring (bicyclic) bond motifs is 1. The molecule has 0 spiro atoms. The van der Waals surface area contributed by atoms with Crippen LogP contribution >= 0.6 is 0 Å². The lowest BCUT2D eigenvalue weighted by Crippen LogP contribution is -2.39. The Bertz CT molecular complexity index is 1230. The smallest absolute Gasteiger partial charge is 0.255 e. The Morgan fingerprint density at radius 1 is 1.06 bits per heavy atom. The highest BCUT2D eigenvalue weighted by Crippen LogP contribution is 2.28. The second-order valence-electron chi connectivity index (χ2n) is 7.93. The first kappa shape index (κ1) is 21.7. The zero-order valence-electron chi connectivity index (χ0n) is 18.4. The minimum Gasteiger partial charge on any atom is -0.493 e. The number of carbonyl (C=O) groups excluding carboxylic acids is 1. The van der Waals surface area contributed by atoms with Crippen LogP contribution < -0.4 is 10.1 Å². The van der Waals surface area contributed by atoms with E-state index >= 15 is 0 Å². The van der Waals surface area contributed by atoms with Crippen LogP contribution in [-0.4, -0.2) is 35.3 Å². The molecule has 0 aliphatic heterocycles. The SMILES string of the molecule is CCOc1ccc(-c2cccc(C)c2)cc1C(=O)N[C@@H](CO)Cc1c[nH]c2ccccc12. The van der Waals surface area contributed by atoms with Gasteiger partial charge in [-0.1, -0.05) is 54.1 Å². The van der Waals surface area contributed by atoms with Gasteiger partial charge in [-0.25, -0.2) is 0 Å². The van der Waals surface area contributed by atoms with Crippen LogP contribution in [0.2, 0.25) is 0 Å². The highest BCUT2D eigenvalue weighted by atomic mass is 16.5. The van der Waals surface area contributed by atoms with E-state index in [2.05, 4.69) is 16.4 Å². The fourth-order valence-electron chi connectivity index (χ4n) is 3.98. The summed E-state index contributed by atoms with van der Waals surface area (Å²) in [7, 11) is 0. The summed E-state index contributed by atoms with van der Waals surface area (Å²) in [6, 6.07) is 21.4. The van der Waals surface area contributed by atoms with Crippen LogP contribution in [0.4, 0.5) is 0 Å². The number of aliphatic hydroxyl groups is 1. The van der Waals surface area contributed by atoms with Gasteiger partial charge in [-0.05, 0) is 55.2 Å². The van der Waals surface area contributed by atoms with Gasteiger partial charge in [0.15, 0.2) is 0 Å². The summed E-state index contributed by atoms with van der Waals surface area (Å²) in [5.41, 5.74) is 5.69. The lowest BCUT2D eigenvalue weighted by Gasteiger charge is -2.18. The van der Waals surface area contributed by atoms with Crippen molar-refractivity contribution >= 4 is 16.8 Å². The average Bonchev–Trinajstić information content (AvgIpc) is 3.22. The first-order valence-electron chi connectivity index (χ1n) is 10.9. The predicted octanol–water partition coefficient (Wildman–Crippen LogP) is 4.88. The number of nitrogens with one attached hydrogen (secondary N) is 2. The Kier molecular flexibility index (Phi) is 6.57. The van der Waals surface area contributed by atoms with Crippen molar-refractivity contribution in [3.8, 4) is 16.9 Å². The zero-order valence-corrected chi connectivity index (χ0v) is 18.4. The molecule has 1 atom stereocenters. The number of aliphatic hydroxyl groups excluding tert-OH is 1. The van der Waals surface area contributed by atoms with Gasteiger partial charge in [0.25, 0.3) is 5.91 Å². The van der Waals surface area contributed by atoms with Crippen LogP contribution in [0.15, 0.2) is 72.9 Å². The first-order valence-corrected chi connectivity index (χ1v) is 10.9. The van der Waals surface area contributed by atoms with Crippen LogP contribution in [0.5, 0.6) is 5.75 Å². The van der Waals surface area contributed by atoms with Crippen molar-refractivity contribution in [2.75, 3.05) is 13.2 Å². The molecule has 0 saturated heterocycles. The van der Waals surface area contributed by atoms with E-state index in [9.17, 15) is 9.90 Å². The van der Waals surface area contributed by atoms with Crippen molar-refractivity contribution in [1.29, 1.82) is 0 Å². The quantitative estimate of drug-likeness (QED) is 0.375. The number of amides is 1. The highest BCUT2D eigenvalue weighted by molar-refractivity contribution is 5.98. The second-order valence-corrected chi connectivity index (χ2v) is 7.93.